The Morgan fingerprint density at radius 1 is 1.14 bits per heavy atom. The van der Waals surface area contributed by atoms with Crippen molar-refractivity contribution in [2.45, 2.75) is 0 Å². The summed E-state index contributed by atoms with van der Waals surface area (Å²) < 4.78 is 2.01. The molecule has 1 aromatic heterocycles. The Bertz CT molecular complexity index is 654. The standard InChI is InChI=1S/C17H20N4O/c1-19-10-9-18-17(19)21-13-11-20(12-14-21)16(22)8-7-15-5-3-2-4-6-15/h2-10H,11-14H2,1H3/b8-7-. The van der Waals surface area contributed by atoms with E-state index in [0.29, 0.717) is 0 Å². The number of hydrogen-bond donors (Lipinski definition) is 0. The lowest BCUT2D eigenvalue weighted by molar-refractivity contribution is -0.126. The van der Waals surface area contributed by atoms with Gasteiger partial charge in [-0.2, -0.15) is 0 Å². The molecule has 1 fully saturated rings. The van der Waals surface area contributed by atoms with Crippen LogP contribution >= 0.6 is 0 Å². The highest BCUT2D eigenvalue weighted by atomic mass is 16.2. The summed E-state index contributed by atoms with van der Waals surface area (Å²) >= 11 is 0. The van der Waals surface area contributed by atoms with Crippen LogP contribution in [-0.2, 0) is 11.8 Å². The van der Waals surface area contributed by atoms with Crippen molar-refractivity contribution in [1.29, 1.82) is 0 Å². The SMILES string of the molecule is Cn1ccnc1N1CCN(C(=O)/C=C\c2ccccc2)CC1. The Morgan fingerprint density at radius 2 is 1.86 bits per heavy atom. The molecule has 0 radical (unpaired) electrons. The third kappa shape index (κ3) is 3.19. The lowest BCUT2D eigenvalue weighted by atomic mass is 10.2. The molecule has 1 aromatic carbocycles. The predicted octanol–water partition coefficient (Wildman–Crippen LogP) is 1.78. The second kappa shape index (κ2) is 6.47. The molecule has 114 valence electrons. The second-order valence-corrected chi connectivity index (χ2v) is 5.39. The smallest absolute Gasteiger partial charge is 0.246 e. The minimum Gasteiger partial charge on any atom is -0.339 e. The summed E-state index contributed by atoms with van der Waals surface area (Å²) in [6, 6.07) is 9.88. The highest BCUT2D eigenvalue weighted by molar-refractivity contribution is 5.91. The highest BCUT2D eigenvalue weighted by Gasteiger charge is 2.21. The molecule has 1 amide bonds. The molecule has 1 aliphatic rings. The number of piperazine rings is 1. The molecule has 2 heterocycles. The Labute approximate surface area is 130 Å². The molecule has 0 saturated carbocycles. The molecule has 2 aromatic rings. The van der Waals surface area contributed by atoms with E-state index in [-0.39, 0.29) is 5.91 Å². The van der Waals surface area contributed by atoms with Crippen LogP contribution in [0.2, 0.25) is 0 Å². The molecule has 0 aliphatic carbocycles. The molecule has 3 rings (SSSR count). The second-order valence-electron chi connectivity index (χ2n) is 5.39. The monoisotopic (exact) mass is 296 g/mol. The van der Waals surface area contributed by atoms with E-state index in [2.05, 4.69) is 9.88 Å². The van der Waals surface area contributed by atoms with Gasteiger partial charge in [-0.15, -0.1) is 0 Å². The van der Waals surface area contributed by atoms with Gasteiger partial charge in [0.2, 0.25) is 11.9 Å². The summed E-state index contributed by atoms with van der Waals surface area (Å²) in [5, 5.41) is 0. The average Bonchev–Trinajstić information content (AvgIpc) is 3.00. The summed E-state index contributed by atoms with van der Waals surface area (Å²) in [6.07, 6.45) is 7.27. The number of anilines is 1. The normalized spacial score (nSPS) is 15.5. The maximum Gasteiger partial charge on any atom is 0.246 e. The van der Waals surface area contributed by atoms with Crippen LogP contribution in [0, 0.1) is 0 Å². The van der Waals surface area contributed by atoms with Crippen molar-refractivity contribution in [2.24, 2.45) is 7.05 Å². The third-order valence-corrected chi connectivity index (χ3v) is 3.89. The number of rotatable bonds is 3. The van der Waals surface area contributed by atoms with Crippen molar-refractivity contribution in [3.05, 3.63) is 54.4 Å². The number of imidazole rings is 1. The van der Waals surface area contributed by atoms with Crippen molar-refractivity contribution in [1.82, 2.24) is 14.5 Å². The largest absolute Gasteiger partial charge is 0.339 e. The van der Waals surface area contributed by atoms with Crippen LogP contribution in [0.3, 0.4) is 0 Å². The minimum atomic E-state index is 0.0725. The molecule has 0 atom stereocenters. The van der Waals surface area contributed by atoms with E-state index < -0.39 is 0 Å². The summed E-state index contributed by atoms with van der Waals surface area (Å²) in [5.41, 5.74) is 1.04. The van der Waals surface area contributed by atoms with Gasteiger partial charge in [-0.1, -0.05) is 30.3 Å². The molecule has 1 saturated heterocycles. The zero-order valence-electron chi connectivity index (χ0n) is 12.7. The molecular formula is C17H20N4O. The van der Waals surface area contributed by atoms with Crippen molar-refractivity contribution >= 4 is 17.9 Å². The molecule has 0 bridgehead atoms. The van der Waals surface area contributed by atoms with Gasteiger partial charge in [-0.05, 0) is 11.6 Å². The van der Waals surface area contributed by atoms with E-state index in [4.69, 9.17) is 0 Å². The highest BCUT2D eigenvalue weighted by Crippen LogP contribution is 2.13. The van der Waals surface area contributed by atoms with E-state index in [1.165, 1.54) is 0 Å². The van der Waals surface area contributed by atoms with Crippen LogP contribution in [-0.4, -0.2) is 46.5 Å². The van der Waals surface area contributed by atoms with E-state index in [9.17, 15) is 4.79 Å². The van der Waals surface area contributed by atoms with Gasteiger partial charge in [0.25, 0.3) is 0 Å². The van der Waals surface area contributed by atoms with Crippen LogP contribution in [0.5, 0.6) is 0 Å². The zero-order chi connectivity index (χ0) is 15.4. The number of aromatic nitrogens is 2. The fraction of sp³-hybridized carbons (Fsp3) is 0.294. The topological polar surface area (TPSA) is 41.4 Å². The first kappa shape index (κ1) is 14.4. The van der Waals surface area contributed by atoms with Crippen LogP contribution in [0.15, 0.2) is 48.8 Å². The number of aryl methyl sites for hydroxylation is 1. The first-order valence-corrected chi connectivity index (χ1v) is 7.48. The number of carbonyl (C=O) groups excluding carboxylic acids is 1. The maximum atomic E-state index is 12.2. The number of hydrogen-bond acceptors (Lipinski definition) is 3. The van der Waals surface area contributed by atoms with Gasteiger partial charge < -0.3 is 14.4 Å². The van der Waals surface area contributed by atoms with Crippen LogP contribution in [0.1, 0.15) is 5.56 Å². The number of amides is 1. The van der Waals surface area contributed by atoms with Crippen molar-refractivity contribution in [3.8, 4) is 0 Å². The van der Waals surface area contributed by atoms with Crippen LogP contribution in [0.25, 0.3) is 6.08 Å². The van der Waals surface area contributed by atoms with E-state index in [0.717, 1.165) is 37.7 Å². The summed E-state index contributed by atoms with van der Waals surface area (Å²) in [7, 11) is 1.99. The fourth-order valence-electron chi connectivity index (χ4n) is 2.63. The Hall–Kier alpha value is -2.56. The van der Waals surface area contributed by atoms with Crippen molar-refractivity contribution in [3.63, 3.8) is 0 Å². The minimum absolute atomic E-state index is 0.0725. The third-order valence-electron chi connectivity index (χ3n) is 3.89. The molecule has 1 aliphatic heterocycles. The zero-order valence-corrected chi connectivity index (χ0v) is 12.7. The number of carbonyl (C=O) groups is 1. The van der Waals surface area contributed by atoms with Crippen molar-refractivity contribution in [2.75, 3.05) is 31.1 Å². The average molecular weight is 296 g/mol. The maximum absolute atomic E-state index is 12.2. The van der Waals surface area contributed by atoms with Gasteiger partial charge in [0.1, 0.15) is 0 Å². The summed E-state index contributed by atoms with van der Waals surface area (Å²) in [6.45, 7) is 3.08. The molecule has 0 unspecified atom stereocenters. The van der Waals surface area contributed by atoms with E-state index in [1.54, 1.807) is 12.3 Å². The summed E-state index contributed by atoms with van der Waals surface area (Å²) in [5.74, 6) is 1.04. The van der Waals surface area contributed by atoms with E-state index >= 15 is 0 Å². The van der Waals surface area contributed by atoms with Crippen molar-refractivity contribution < 1.29 is 4.79 Å². The predicted molar refractivity (Wildman–Crippen MR) is 87.5 cm³/mol. The van der Waals surface area contributed by atoms with Gasteiger partial charge in [-0.3, -0.25) is 4.79 Å². The number of nitrogens with zero attached hydrogens (tertiary/aromatic N) is 4. The van der Waals surface area contributed by atoms with Gasteiger partial charge in [0.05, 0.1) is 0 Å². The Morgan fingerprint density at radius 3 is 2.50 bits per heavy atom. The van der Waals surface area contributed by atoms with Gasteiger partial charge >= 0.3 is 0 Å². The quantitative estimate of drug-likeness (QED) is 0.811. The Balaban J connectivity index is 1.56. The van der Waals surface area contributed by atoms with Gasteiger partial charge in [0.15, 0.2) is 0 Å². The molecule has 22 heavy (non-hydrogen) atoms. The first-order valence-electron chi connectivity index (χ1n) is 7.48. The first-order chi connectivity index (χ1) is 10.7. The molecular weight excluding hydrogens is 276 g/mol. The fourth-order valence-corrected chi connectivity index (χ4v) is 2.63. The van der Waals surface area contributed by atoms with Gasteiger partial charge in [0, 0.05) is 51.7 Å². The Kier molecular flexibility index (Phi) is 4.23. The molecule has 5 nitrogen and oxygen atoms in total. The lowest BCUT2D eigenvalue weighted by Gasteiger charge is -2.34. The number of benzene rings is 1. The molecule has 0 spiro atoms. The lowest BCUT2D eigenvalue weighted by Crippen LogP contribution is -2.49. The molecule has 5 heteroatoms. The van der Waals surface area contributed by atoms with Gasteiger partial charge in [-0.25, -0.2) is 4.98 Å². The molecule has 0 N–H and O–H groups in total. The summed E-state index contributed by atoms with van der Waals surface area (Å²) in [4.78, 5) is 20.7. The van der Waals surface area contributed by atoms with Crippen LogP contribution in [0.4, 0.5) is 5.95 Å². The van der Waals surface area contributed by atoms with E-state index in [1.807, 2.05) is 59.1 Å². The van der Waals surface area contributed by atoms with Crippen LogP contribution < -0.4 is 4.90 Å².